The molecule has 11 nitrogen and oxygen atoms in total. The van der Waals surface area contributed by atoms with Gasteiger partial charge in [-0.25, -0.2) is 9.48 Å². The molecule has 2 fully saturated rings. The van der Waals surface area contributed by atoms with Crippen molar-refractivity contribution >= 4 is 17.8 Å². The van der Waals surface area contributed by atoms with Crippen molar-refractivity contribution in [1.29, 1.82) is 0 Å². The molecule has 11 heteroatoms. The van der Waals surface area contributed by atoms with Gasteiger partial charge in [-0.1, -0.05) is 40.2 Å². The summed E-state index contributed by atoms with van der Waals surface area (Å²) in [4.78, 5) is 45.1. The molecule has 5 atom stereocenters. The first-order chi connectivity index (χ1) is 24.7. The molecule has 0 saturated heterocycles. The molecule has 2 saturated carbocycles. The Morgan fingerprint density at radius 1 is 1.00 bits per heavy atom. The first kappa shape index (κ1) is 38.8. The number of aromatic nitrogens is 2. The van der Waals surface area contributed by atoms with Crippen LogP contribution in [0.4, 0.5) is 0 Å². The van der Waals surface area contributed by atoms with Crippen LogP contribution < -0.4 is 14.8 Å². The minimum atomic E-state index is -1.41. The Morgan fingerprint density at radius 3 is 2.29 bits per heavy atom. The van der Waals surface area contributed by atoms with Crippen LogP contribution in [0.15, 0.2) is 42.5 Å². The van der Waals surface area contributed by atoms with E-state index in [0.29, 0.717) is 52.4 Å². The summed E-state index contributed by atoms with van der Waals surface area (Å²) in [6.45, 7) is 9.73. The zero-order chi connectivity index (χ0) is 37.9. The molecular formula is C41H57N5O6. The molecule has 5 rings (SSSR count). The fraction of sp³-hybridized carbons (Fsp3) is 0.561. The van der Waals surface area contributed by atoms with E-state index in [9.17, 15) is 19.5 Å². The minimum absolute atomic E-state index is 0.0141. The number of carboxylic acid groups (broad SMARTS) is 1. The van der Waals surface area contributed by atoms with Gasteiger partial charge in [0.25, 0.3) is 11.8 Å². The van der Waals surface area contributed by atoms with E-state index in [2.05, 4.69) is 31.0 Å². The Hall–Kier alpha value is -4.38. The van der Waals surface area contributed by atoms with Gasteiger partial charge in [0.05, 0.1) is 31.2 Å². The van der Waals surface area contributed by atoms with Crippen LogP contribution in [0, 0.1) is 23.7 Å². The van der Waals surface area contributed by atoms with Gasteiger partial charge in [0.2, 0.25) is 0 Å². The first-order valence-electron chi connectivity index (χ1n) is 18.7. The average Bonchev–Trinajstić information content (AvgIpc) is 3.56. The molecule has 0 spiro atoms. The molecule has 2 aliphatic carbocycles. The fourth-order valence-electron chi connectivity index (χ4n) is 8.71. The Labute approximate surface area is 308 Å². The predicted octanol–water partition coefficient (Wildman–Crippen LogP) is 6.74. The smallest absolute Gasteiger partial charge is 0.329 e. The van der Waals surface area contributed by atoms with Crippen LogP contribution in [0.1, 0.15) is 98.5 Å². The lowest BCUT2D eigenvalue weighted by atomic mass is 9.56. The third kappa shape index (κ3) is 7.56. The van der Waals surface area contributed by atoms with Crippen molar-refractivity contribution in [3.63, 3.8) is 0 Å². The van der Waals surface area contributed by atoms with E-state index in [4.69, 9.17) is 14.6 Å². The number of carbonyl (C=O) groups excluding carboxylic acids is 2. The Bertz CT molecular complexity index is 1740. The first-order valence-corrected chi connectivity index (χ1v) is 18.7. The summed E-state index contributed by atoms with van der Waals surface area (Å²) in [5.41, 5.74) is 1.91. The van der Waals surface area contributed by atoms with Crippen LogP contribution >= 0.6 is 0 Å². The largest absolute Gasteiger partial charge is 0.496 e. The van der Waals surface area contributed by atoms with Crippen molar-refractivity contribution in [3.05, 3.63) is 59.3 Å². The number of fused-ring (bicyclic) bond motifs is 2. The monoisotopic (exact) mass is 715 g/mol. The Morgan fingerprint density at radius 2 is 1.69 bits per heavy atom. The lowest BCUT2D eigenvalue weighted by Gasteiger charge is -2.52. The maximum absolute atomic E-state index is 14.4. The molecule has 0 aliphatic heterocycles. The standard InChI is InChI=1S/C41H57N5O6/c1-10-27-20-28-19-26(4)41(40(49)50,30(21-27)22-28)42-38(47)32-24-34(37-35(51-8)13-11-14-36(37)52-9)46(43-32)33-16-15-29(23-31(33)25(2)3)39(48)45(7)18-12-17-44(5)6/h11,13-16,23-28,30H,10,12,17-22H2,1-9H3,(H,42,47)(H,49,50). The number of nitrogens with one attached hydrogen (secondary N) is 1. The minimum Gasteiger partial charge on any atom is -0.496 e. The van der Waals surface area contributed by atoms with Gasteiger partial charge >= 0.3 is 5.97 Å². The van der Waals surface area contributed by atoms with Crippen molar-refractivity contribution in [2.24, 2.45) is 23.7 Å². The highest BCUT2D eigenvalue weighted by Crippen LogP contribution is 2.51. The molecule has 52 heavy (non-hydrogen) atoms. The SMILES string of the molecule is CCC1CC2CC(C)C(NC(=O)c3cc(-c4c(OC)cccc4OC)n(-c4ccc(C(=O)N(C)CCCN(C)C)cc4C(C)C)n3)(C(=O)O)C(C1)C2. The lowest BCUT2D eigenvalue weighted by molar-refractivity contribution is -0.155. The van der Waals surface area contributed by atoms with Gasteiger partial charge in [-0.05, 0) is 124 Å². The third-order valence-corrected chi connectivity index (χ3v) is 11.5. The van der Waals surface area contributed by atoms with Crippen LogP contribution in [0.5, 0.6) is 11.5 Å². The topological polar surface area (TPSA) is 126 Å². The van der Waals surface area contributed by atoms with Crippen molar-refractivity contribution in [2.75, 3.05) is 48.5 Å². The number of methoxy groups -OCH3 is 2. The number of carbonyl (C=O) groups is 3. The molecule has 2 amide bonds. The number of aliphatic carboxylic acids is 1. The van der Waals surface area contributed by atoms with Gasteiger partial charge in [-0.15, -0.1) is 0 Å². The summed E-state index contributed by atoms with van der Waals surface area (Å²) < 4.78 is 13.3. The van der Waals surface area contributed by atoms with Gasteiger partial charge in [0.1, 0.15) is 17.0 Å². The molecule has 2 aromatic carbocycles. The molecule has 0 radical (unpaired) electrons. The Balaban J connectivity index is 1.61. The number of ether oxygens (including phenoxy) is 2. The van der Waals surface area contributed by atoms with Gasteiger partial charge in [-0.3, -0.25) is 9.59 Å². The van der Waals surface area contributed by atoms with E-state index >= 15 is 0 Å². The summed E-state index contributed by atoms with van der Waals surface area (Å²) >= 11 is 0. The maximum atomic E-state index is 14.4. The van der Waals surface area contributed by atoms with Crippen LogP contribution in [0.3, 0.4) is 0 Å². The molecule has 5 unspecified atom stereocenters. The summed E-state index contributed by atoms with van der Waals surface area (Å²) in [6.07, 6.45) is 5.29. The van der Waals surface area contributed by atoms with Crippen molar-refractivity contribution in [2.45, 2.75) is 77.7 Å². The normalized spacial score (nSPS) is 22.7. The van der Waals surface area contributed by atoms with Gasteiger partial charge in [0, 0.05) is 19.2 Å². The van der Waals surface area contributed by atoms with E-state index in [1.54, 1.807) is 35.9 Å². The maximum Gasteiger partial charge on any atom is 0.329 e. The molecule has 3 aromatic rings. The zero-order valence-corrected chi connectivity index (χ0v) is 32.4. The van der Waals surface area contributed by atoms with Crippen LogP contribution in [0.25, 0.3) is 16.9 Å². The van der Waals surface area contributed by atoms with E-state index in [1.165, 1.54) is 0 Å². The number of nitrogens with zero attached hydrogens (tertiary/aromatic N) is 4. The molecule has 2 bridgehead atoms. The van der Waals surface area contributed by atoms with Crippen molar-refractivity contribution in [1.82, 2.24) is 24.9 Å². The third-order valence-electron chi connectivity index (χ3n) is 11.5. The Kier molecular flexibility index (Phi) is 12.0. The second-order valence-corrected chi connectivity index (χ2v) is 15.5. The molecule has 282 valence electrons. The summed E-state index contributed by atoms with van der Waals surface area (Å²) in [5, 5.41) is 18.8. The summed E-state index contributed by atoms with van der Waals surface area (Å²) in [6, 6.07) is 12.7. The van der Waals surface area contributed by atoms with Crippen molar-refractivity contribution < 1.29 is 29.0 Å². The van der Waals surface area contributed by atoms with Gasteiger partial charge in [-0.2, -0.15) is 5.10 Å². The number of benzene rings is 2. The molecule has 1 heterocycles. The van der Waals surface area contributed by atoms with E-state index < -0.39 is 17.4 Å². The lowest BCUT2D eigenvalue weighted by Crippen LogP contribution is -2.66. The average molecular weight is 716 g/mol. The molecule has 2 aliphatic rings. The van der Waals surface area contributed by atoms with Crippen molar-refractivity contribution in [3.8, 4) is 28.4 Å². The highest BCUT2D eigenvalue weighted by Gasteiger charge is 2.57. The second-order valence-electron chi connectivity index (χ2n) is 15.5. The predicted molar refractivity (Wildman–Crippen MR) is 203 cm³/mol. The van der Waals surface area contributed by atoms with E-state index in [0.717, 1.165) is 50.6 Å². The van der Waals surface area contributed by atoms with Gasteiger partial charge in [0.15, 0.2) is 5.69 Å². The van der Waals surface area contributed by atoms with E-state index in [1.807, 2.05) is 58.4 Å². The zero-order valence-electron chi connectivity index (χ0n) is 32.4. The quantitative estimate of drug-likeness (QED) is 0.188. The van der Waals surface area contributed by atoms with Crippen LogP contribution in [-0.2, 0) is 4.79 Å². The number of carboxylic acids is 1. The molecule has 1 aromatic heterocycles. The molecule has 2 N–H and O–H groups in total. The van der Waals surface area contributed by atoms with Gasteiger partial charge < -0.3 is 29.7 Å². The van der Waals surface area contributed by atoms with Crippen LogP contribution in [-0.4, -0.2) is 96.5 Å². The highest BCUT2D eigenvalue weighted by molar-refractivity contribution is 5.98. The fourth-order valence-corrected chi connectivity index (χ4v) is 8.71. The number of hydrogen-bond acceptors (Lipinski definition) is 7. The summed E-state index contributed by atoms with van der Waals surface area (Å²) in [5.74, 6) is -0.0909. The number of amides is 2. The van der Waals surface area contributed by atoms with Crippen LogP contribution in [0.2, 0.25) is 0 Å². The number of hydrogen-bond donors (Lipinski definition) is 2. The molecular weight excluding hydrogens is 658 g/mol. The summed E-state index contributed by atoms with van der Waals surface area (Å²) in [7, 11) is 9.00. The second kappa shape index (κ2) is 16.1. The number of rotatable bonds is 14. The highest BCUT2D eigenvalue weighted by atomic mass is 16.5. The van der Waals surface area contributed by atoms with E-state index in [-0.39, 0.29) is 29.4 Å².